The van der Waals surface area contributed by atoms with Crippen molar-refractivity contribution >= 4 is 11.8 Å². The number of amides is 2. The fourth-order valence-electron chi connectivity index (χ4n) is 3.05. The molecule has 0 radical (unpaired) electrons. The topological polar surface area (TPSA) is 57.6 Å². The van der Waals surface area contributed by atoms with Gasteiger partial charge in [-0.15, -0.1) is 0 Å². The van der Waals surface area contributed by atoms with Gasteiger partial charge in [-0.3, -0.25) is 14.5 Å². The Morgan fingerprint density at radius 1 is 1.00 bits per heavy atom. The molecule has 1 heterocycles. The van der Waals surface area contributed by atoms with Gasteiger partial charge in [-0.25, -0.2) is 0 Å². The zero-order valence-electron chi connectivity index (χ0n) is 10.8. The maximum atomic E-state index is 12.2. The van der Waals surface area contributed by atoms with E-state index < -0.39 is 5.60 Å². The van der Waals surface area contributed by atoms with E-state index in [1.54, 1.807) is 24.3 Å². The number of rotatable bonds is 2. The molecule has 2 aliphatic rings. The van der Waals surface area contributed by atoms with Crippen molar-refractivity contribution in [3.8, 4) is 0 Å². The Bertz CT molecular complexity index is 497. The van der Waals surface area contributed by atoms with Gasteiger partial charge in [0.15, 0.2) is 0 Å². The summed E-state index contributed by atoms with van der Waals surface area (Å²) in [6.45, 7) is 0.124. The van der Waals surface area contributed by atoms with Crippen LogP contribution in [0.4, 0.5) is 0 Å². The first-order valence-electron chi connectivity index (χ1n) is 6.78. The third-order valence-corrected chi connectivity index (χ3v) is 4.11. The van der Waals surface area contributed by atoms with Crippen molar-refractivity contribution in [1.82, 2.24) is 4.90 Å². The van der Waals surface area contributed by atoms with Gasteiger partial charge in [-0.2, -0.15) is 0 Å². The molecule has 19 heavy (non-hydrogen) atoms. The van der Waals surface area contributed by atoms with Gasteiger partial charge in [-0.05, 0) is 25.0 Å². The number of hydrogen-bond donors (Lipinski definition) is 1. The molecule has 1 fully saturated rings. The largest absolute Gasteiger partial charge is 0.388 e. The molecule has 100 valence electrons. The lowest BCUT2D eigenvalue weighted by molar-refractivity contribution is -0.0177. The van der Waals surface area contributed by atoms with E-state index >= 15 is 0 Å². The Labute approximate surface area is 112 Å². The van der Waals surface area contributed by atoms with Crippen LogP contribution in [0.3, 0.4) is 0 Å². The highest BCUT2D eigenvalue weighted by atomic mass is 16.3. The second-order valence-electron chi connectivity index (χ2n) is 5.53. The van der Waals surface area contributed by atoms with Crippen molar-refractivity contribution in [3.63, 3.8) is 0 Å². The number of aliphatic hydroxyl groups is 1. The molecule has 0 aromatic heterocycles. The van der Waals surface area contributed by atoms with E-state index in [4.69, 9.17) is 0 Å². The molecule has 1 aromatic rings. The van der Waals surface area contributed by atoms with Gasteiger partial charge in [0.2, 0.25) is 0 Å². The van der Waals surface area contributed by atoms with E-state index in [0.717, 1.165) is 19.3 Å². The van der Waals surface area contributed by atoms with Crippen LogP contribution in [0.5, 0.6) is 0 Å². The molecule has 4 nitrogen and oxygen atoms in total. The van der Waals surface area contributed by atoms with Crippen LogP contribution in [0.25, 0.3) is 0 Å². The number of carbonyl (C=O) groups excluding carboxylic acids is 2. The number of benzene rings is 1. The molecular formula is C15H17NO3. The van der Waals surface area contributed by atoms with Crippen LogP contribution in [0.2, 0.25) is 0 Å². The van der Waals surface area contributed by atoms with E-state index in [0.29, 0.717) is 24.0 Å². The fourth-order valence-corrected chi connectivity index (χ4v) is 3.05. The molecular weight excluding hydrogens is 242 g/mol. The summed E-state index contributed by atoms with van der Waals surface area (Å²) < 4.78 is 0. The van der Waals surface area contributed by atoms with Gasteiger partial charge < -0.3 is 5.11 Å². The molecule has 3 rings (SSSR count). The van der Waals surface area contributed by atoms with Gasteiger partial charge in [0.25, 0.3) is 11.8 Å². The Balaban J connectivity index is 1.84. The molecule has 0 spiro atoms. The van der Waals surface area contributed by atoms with Crippen LogP contribution in [0, 0.1) is 0 Å². The van der Waals surface area contributed by atoms with E-state index in [9.17, 15) is 14.7 Å². The highest BCUT2D eigenvalue weighted by molar-refractivity contribution is 6.21. The normalized spacial score (nSPS) is 21.6. The van der Waals surface area contributed by atoms with Crippen LogP contribution < -0.4 is 0 Å². The number of imide groups is 1. The zero-order valence-corrected chi connectivity index (χ0v) is 10.8. The van der Waals surface area contributed by atoms with Crippen molar-refractivity contribution in [2.45, 2.75) is 37.7 Å². The van der Waals surface area contributed by atoms with Crippen molar-refractivity contribution in [3.05, 3.63) is 35.4 Å². The lowest BCUT2D eigenvalue weighted by Crippen LogP contribution is -2.46. The SMILES string of the molecule is O=C1c2ccccc2C(=O)N1CC1(O)CCCCC1. The maximum Gasteiger partial charge on any atom is 0.261 e. The average Bonchev–Trinajstić information content (AvgIpc) is 2.65. The van der Waals surface area contributed by atoms with Gasteiger partial charge >= 0.3 is 0 Å². The molecule has 4 heteroatoms. The van der Waals surface area contributed by atoms with Crippen LogP contribution in [-0.4, -0.2) is 34.0 Å². The lowest BCUT2D eigenvalue weighted by Gasteiger charge is -2.34. The summed E-state index contributed by atoms with van der Waals surface area (Å²) >= 11 is 0. The van der Waals surface area contributed by atoms with Crippen molar-refractivity contribution in [1.29, 1.82) is 0 Å². The lowest BCUT2D eigenvalue weighted by atomic mass is 9.84. The van der Waals surface area contributed by atoms with Crippen LogP contribution >= 0.6 is 0 Å². The third kappa shape index (κ3) is 2.06. The predicted molar refractivity (Wildman–Crippen MR) is 69.8 cm³/mol. The maximum absolute atomic E-state index is 12.2. The van der Waals surface area contributed by atoms with Crippen LogP contribution in [-0.2, 0) is 0 Å². The van der Waals surface area contributed by atoms with E-state index in [1.165, 1.54) is 4.90 Å². The number of carbonyl (C=O) groups is 2. The van der Waals surface area contributed by atoms with Gasteiger partial charge in [-0.1, -0.05) is 31.4 Å². The first-order valence-corrected chi connectivity index (χ1v) is 6.78. The number of β-amino-alcohol motifs (C(OH)–C–C–N with tert-alkyl or cyclic N) is 1. The van der Waals surface area contributed by atoms with Gasteiger partial charge in [0, 0.05) is 0 Å². The smallest absolute Gasteiger partial charge is 0.261 e. The summed E-state index contributed by atoms with van der Waals surface area (Å²) in [5.41, 5.74) is 0.00447. The Morgan fingerprint density at radius 3 is 2.05 bits per heavy atom. The first kappa shape index (κ1) is 12.4. The second-order valence-corrected chi connectivity index (χ2v) is 5.53. The molecule has 1 aliphatic carbocycles. The van der Waals surface area contributed by atoms with E-state index in [-0.39, 0.29) is 18.4 Å². The summed E-state index contributed by atoms with van der Waals surface area (Å²) in [5, 5.41) is 10.5. The summed E-state index contributed by atoms with van der Waals surface area (Å²) in [6.07, 6.45) is 4.37. The molecule has 0 saturated heterocycles. The molecule has 1 N–H and O–H groups in total. The van der Waals surface area contributed by atoms with E-state index in [2.05, 4.69) is 0 Å². The highest BCUT2D eigenvalue weighted by Crippen LogP contribution is 2.31. The minimum Gasteiger partial charge on any atom is -0.388 e. The molecule has 1 saturated carbocycles. The average molecular weight is 259 g/mol. The minimum atomic E-state index is -0.897. The Kier molecular flexibility index (Phi) is 2.90. The molecule has 1 aliphatic heterocycles. The fraction of sp³-hybridized carbons (Fsp3) is 0.467. The van der Waals surface area contributed by atoms with Crippen molar-refractivity contribution in [2.75, 3.05) is 6.54 Å². The minimum absolute atomic E-state index is 0.124. The number of hydrogen-bond acceptors (Lipinski definition) is 3. The summed E-state index contributed by atoms with van der Waals surface area (Å²) in [6, 6.07) is 6.84. The zero-order chi connectivity index (χ0) is 13.5. The first-order chi connectivity index (χ1) is 9.11. The second kappa shape index (κ2) is 4.46. The molecule has 0 atom stereocenters. The summed E-state index contributed by atoms with van der Waals surface area (Å²) in [5.74, 6) is -0.556. The number of fused-ring (bicyclic) bond motifs is 1. The third-order valence-electron chi connectivity index (χ3n) is 4.11. The summed E-state index contributed by atoms with van der Waals surface area (Å²) in [7, 11) is 0. The Morgan fingerprint density at radius 2 is 1.53 bits per heavy atom. The summed E-state index contributed by atoms with van der Waals surface area (Å²) in [4.78, 5) is 25.6. The van der Waals surface area contributed by atoms with Gasteiger partial charge in [0.05, 0.1) is 23.3 Å². The predicted octanol–water partition coefficient (Wildman–Crippen LogP) is 1.98. The van der Waals surface area contributed by atoms with E-state index in [1.807, 2.05) is 0 Å². The molecule has 0 unspecified atom stereocenters. The number of nitrogens with zero attached hydrogens (tertiary/aromatic N) is 1. The van der Waals surface area contributed by atoms with Crippen molar-refractivity contribution in [2.24, 2.45) is 0 Å². The Hall–Kier alpha value is -1.68. The molecule has 0 bridgehead atoms. The van der Waals surface area contributed by atoms with Crippen molar-refractivity contribution < 1.29 is 14.7 Å². The van der Waals surface area contributed by atoms with Gasteiger partial charge in [0.1, 0.15) is 0 Å². The quantitative estimate of drug-likeness (QED) is 0.826. The van der Waals surface area contributed by atoms with Crippen LogP contribution in [0.1, 0.15) is 52.8 Å². The standard InChI is InChI=1S/C15H17NO3/c17-13-11-6-2-3-7-12(11)14(18)16(13)10-15(19)8-4-1-5-9-15/h2-3,6-7,19H,1,4-5,8-10H2. The monoisotopic (exact) mass is 259 g/mol. The highest BCUT2D eigenvalue weighted by Gasteiger charge is 2.41. The molecule has 1 aromatic carbocycles. The van der Waals surface area contributed by atoms with Crippen LogP contribution in [0.15, 0.2) is 24.3 Å². The molecule has 2 amide bonds.